The molecule has 0 radical (unpaired) electrons. The number of hydrogen-bond donors (Lipinski definition) is 5. The molecule has 0 aliphatic carbocycles. The van der Waals surface area contributed by atoms with Gasteiger partial charge in [0.15, 0.2) is 5.88 Å². The van der Waals surface area contributed by atoms with Gasteiger partial charge in [0, 0.05) is 16.5 Å². The lowest BCUT2D eigenvalue weighted by Crippen LogP contribution is -2.12. The van der Waals surface area contributed by atoms with Gasteiger partial charge in [0.1, 0.15) is 0 Å². The zero-order valence-electron chi connectivity index (χ0n) is 17.8. The van der Waals surface area contributed by atoms with E-state index < -0.39 is 6.10 Å². The van der Waals surface area contributed by atoms with Crippen LogP contribution in [0.2, 0.25) is 0 Å². The van der Waals surface area contributed by atoms with Gasteiger partial charge in [0.2, 0.25) is 0 Å². The molecule has 4 rings (SSSR count). The predicted molar refractivity (Wildman–Crippen MR) is 128 cm³/mol. The van der Waals surface area contributed by atoms with Crippen molar-refractivity contribution in [2.75, 3.05) is 11.1 Å². The molecule has 7 heteroatoms. The molecule has 1 heterocycles. The van der Waals surface area contributed by atoms with Gasteiger partial charge in [-0.1, -0.05) is 18.2 Å². The first-order chi connectivity index (χ1) is 15.3. The summed E-state index contributed by atoms with van der Waals surface area (Å²) in [5.41, 5.74) is 10.7. The number of aliphatic hydroxyl groups excluding tert-OH is 1. The van der Waals surface area contributed by atoms with Crippen molar-refractivity contribution in [2.45, 2.75) is 20.0 Å². The number of H-pyrrole nitrogens is 1. The Morgan fingerprint density at radius 2 is 1.81 bits per heavy atom. The van der Waals surface area contributed by atoms with Gasteiger partial charge >= 0.3 is 0 Å². The van der Waals surface area contributed by atoms with E-state index in [1.54, 1.807) is 62.4 Å². The van der Waals surface area contributed by atoms with E-state index in [2.05, 4.69) is 15.3 Å². The minimum atomic E-state index is -0.619. The molecular weight excluding hydrogens is 404 g/mol. The molecule has 0 saturated heterocycles. The fourth-order valence-electron chi connectivity index (χ4n) is 3.56. The first kappa shape index (κ1) is 21.1. The SMILES string of the molecule is CC(=Nc1ccc(C(=O)Nc2ccccc2N)cc1)c1c(O)[nH]c2ccc(C(C)O)cc12. The first-order valence-electron chi connectivity index (χ1n) is 10.2. The van der Waals surface area contributed by atoms with E-state index in [0.717, 1.165) is 16.5 Å². The summed E-state index contributed by atoms with van der Waals surface area (Å²) < 4.78 is 0. The fraction of sp³-hybridized carbons (Fsp3) is 0.120. The zero-order chi connectivity index (χ0) is 22.8. The number of hydrogen-bond acceptors (Lipinski definition) is 5. The monoisotopic (exact) mass is 428 g/mol. The van der Waals surface area contributed by atoms with E-state index in [1.807, 2.05) is 18.2 Å². The fourth-order valence-corrected chi connectivity index (χ4v) is 3.56. The van der Waals surface area contributed by atoms with Crippen LogP contribution >= 0.6 is 0 Å². The van der Waals surface area contributed by atoms with Crippen molar-refractivity contribution in [3.05, 3.63) is 83.4 Å². The summed E-state index contributed by atoms with van der Waals surface area (Å²) in [6.45, 7) is 3.49. The minimum Gasteiger partial charge on any atom is -0.494 e. The number of aliphatic hydroxyl groups is 1. The van der Waals surface area contributed by atoms with Gasteiger partial charge in [-0.15, -0.1) is 0 Å². The summed E-state index contributed by atoms with van der Waals surface area (Å²) >= 11 is 0. The Hall–Kier alpha value is -4.10. The number of fused-ring (bicyclic) bond motifs is 1. The molecule has 0 saturated carbocycles. The molecule has 1 amide bonds. The highest BCUT2D eigenvalue weighted by Gasteiger charge is 2.15. The summed E-state index contributed by atoms with van der Waals surface area (Å²) in [5.74, 6) is -0.254. The van der Waals surface area contributed by atoms with Crippen LogP contribution in [0.4, 0.5) is 17.1 Å². The second-order valence-electron chi connectivity index (χ2n) is 7.62. The number of anilines is 2. The number of nitrogens with zero attached hydrogens (tertiary/aromatic N) is 1. The molecule has 1 unspecified atom stereocenters. The number of rotatable bonds is 5. The number of aliphatic imine (C=N–C) groups is 1. The van der Waals surface area contributed by atoms with E-state index in [1.165, 1.54) is 0 Å². The standard InChI is InChI=1S/C25H24N4O3/c1-14(23-19-13-17(15(2)30)9-12-21(19)28-25(23)32)27-18-10-7-16(8-11-18)24(31)29-22-6-4-3-5-20(22)26/h3-13,15,28,30,32H,26H2,1-2H3,(H,29,31). The molecule has 162 valence electrons. The molecule has 0 aliphatic rings. The van der Waals surface area contributed by atoms with Crippen molar-refractivity contribution in [1.29, 1.82) is 0 Å². The Kier molecular flexibility index (Phi) is 5.66. The molecule has 1 atom stereocenters. The molecule has 32 heavy (non-hydrogen) atoms. The maximum absolute atomic E-state index is 12.5. The highest BCUT2D eigenvalue weighted by molar-refractivity contribution is 6.13. The van der Waals surface area contributed by atoms with Crippen LogP contribution in [0.1, 0.15) is 41.4 Å². The maximum Gasteiger partial charge on any atom is 0.255 e. The van der Waals surface area contributed by atoms with Crippen LogP contribution < -0.4 is 11.1 Å². The number of nitrogens with one attached hydrogen (secondary N) is 2. The second kappa shape index (κ2) is 8.56. The van der Waals surface area contributed by atoms with Crippen molar-refractivity contribution in [3.63, 3.8) is 0 Å². The van der Waals surface area contributed by atoms with E-state index in [9.17, 15) is 15.0 Å². The largest absolute Gasteiger partial charge is 0.494 e. The number of benzene rings is 3. The molecular formula is C25H24N4O3. The smallest absolute Gasteiger partial charge is 0.255 e. The Morgan fingerprint density at radius 1 is 1.09 bits per heavy atom. The van der Waals surface area contributed by atoms with Crippen LogP contribution in [-0.4, -0.2) is 26.8 Å². The Bertz CT molecular complexity index is 1320. The number of aromatic amines is 1. The third-order valence-electron chi connectivity index (χ3n) is 5.28. The lowest BCUT2D eigenvalue weighted by Gasteiger charge is -2.08. The summed E-state index contributed by atoms with van der Waals surface area (Å²) in [5, 5.41) is 23.9. The highest BCUT2D eigenvalue weighted by atomic mass is 16.3. The quantitative estimate of drug-likeness (QED) is 0.229. The lowest BCUT2D eigenvalue weighted by atomic mass is 10.0. The topological polar surface area (TPSA) is 124 Å². The number of carbonyl (C=O) groups excluding carboxylic acids is 1. The van der Waals surface area contributed by atoms with Crippen molar-refractivity contribution in [1.82, 2.24) is 4.98 Å². The Morgan fingerprint density at radius 3 is 2.50 bits per heavy atom. The van der Waals surface area contributed by atoms with E-state index in [4.69, 9.17) is 5.73 Å². The molecule has 3 aromatic carbocycles. The number of nitrogens with two attached hydrogens (primary N) is 1. The number of aromatic hydroxyl groups is 1. The number of para-hydroxylation sites is 2. The number of nitrogen functional groups attached to an aromatic ring is 1. The van der Waals surface area contributed by atoms with Gasteiger partial charge in [-0.05, 0) is 67.9 Å². The van der Waals surface area contributed by atoms with Crippen molar-refractivity contribution < 1.29 is 15.0 Å². The predicted octanol–water partition coefficient (Wildman–Crippen LogP) is 4.90. The number of aromatic nitrogens is 1. The van der Waals surface area contributed by atoms with Crippen LogP contribution in [0.5, 0.6) is 5.88 Å². The van der Waals surface area contributed by atoms with E-state index in [-0.39, 0.29) is 11.8 Å². The molecule has 4 aromatic rings. The average Bonchev–Trinajstić information content (AvgIpc) is 3.10. The summed E-state index contributed by atoms with van der Waals surface area (Å²) in [7, 11) is 0. The average molecular weight is 428 g/mol. The molecule has 7 nitrogen and oxygen atoms in total. The summed E-state index contributed by atoms with van der Waals surface area (Å²) in [4.78, 5) is 20.1. The molecule has 0 bridgehead atoms. The van der Waals surface area contributed by atoms with Crippen LogP contribution in [-0.2, 0) is 0 Å². The van der Waals surface area contributed by atoms with Crippen LogP contribution in [0, 0.1) is 0 Å². The van der Waals surface area contributed by atoms with Crippen molar-refractivity contribution in [2.24, 2.45) is 4.99 Å². The van der Waals surface area contributed by atoms with Gasteiger partial charge in [-0.25, -0.2) is 0 Å². The summed E-state index contributed by atoms with van der Waals surface area (Å²) in [6, 6.07) is 19.4. The summed E-state index contributed by atoms with van der Waals surface area (Å²) in [6.07, 6.45) is -0.619. The molecule has 1 aromatic heterocycles. The zero-order valence-corrected chi connectivity index (χ0v) is 17.8. The lowest BCUT2D eigenvalue weighted by molar-refractivity contribution is 0.102. The van der Waals surface area contributed by atoms with Gasteiger partial charge in [-0.2, -0.15) is 0 Å². The number of amides is 1. The van der Waals surface area contributed by atoms with Crippen LogP contribution in [0.25, 0.3) is 10.9 Å². The van der Waals surface area contributed by atoms with Crippen LogP contribution in [0.15, 0.2) is 71.7 Å². The third kappa shape index (κ3) is 4.19. The molecule has 0 fully saturated rings. The van der Waals surface area contributed by atoms with Crippen molar-refractivity contribution >= 4 is 39.6 Å². The molecule has 0 aliphatic heterocycles. The third-order valence-corrected chi connectivity index (χ3v) is 5.28. The Balaban J connectivity index is 1.59. The number of carbonyl (C=O) groups is 1. The van der Waals surface area contributed by atoms with E-state index >= 15 is 0 Å². The minimum absolute atomic E-state index is 0.0143. The van der Waals surface area contributed by atoms with Gasteiger partial charge in [0.25, 0.3) is 5.91 Å². The van der Waals surface area contributed by atoms with E-state index in [0.29, 0.717) is 33.9 Å². The molecule has 6 N–H and O–H groups in total. The van der Waals surface area contributed by atoms with Crippen molar-refractivity contribution in [3.8, 4) is 5.88 Å². The maximum atomic E-state index is 12.5. The first-order valence-corrected chi connectivity index (χ1v) is 10.2. The van der Waals surface area contributed by atoms with Gasteiger partial charge < -0.3 is 26.2 Å². The normalized spacial score (nSPS) is 12.7. The Labute approximate surface area is 185 Å². The molecule has 0 spiro atoms. The highest BCUT2D eigenvalue weighted by Crippen LogP contribution is 2.31. The van der Waals surface area contributed by atoms with Gasteiger partial charge in [0.05, 0.1) is 34.4 Å². The second-order valence-corrected chi connectivity index (χ2v) is 7.62. The van der Waals surface area contributed by atoms with Crippen LogP contribution in [0.3, 0.4) is 0 Å². The van der Waals surface area contributed by atoms with Gasteiger partial charge in [-0.3, -0.25) is 9.79 Å².